The Kier molecular flexibility index (Phi) is 7.25. The molecule has 0 aromatic heterocycles. The number of fused-ring (bicyclic) bond motifs is 1. The topological polar surface area (TPSA) is 75.6 Å². The highest BCUT2D eigenvalue weighted by Crippen LogP contribution is 2.36. The quantitative estimate of drug-likeness (QED) is 0.352. The van der Waals surface area contributed by atoms with Crippen LogP contribution in [0.5, 0.6) is 11.5 Å². The van der Waals surface area contributed by atoms with Crippen molar-refractivity contribution in [3.63, 3.8) is 0 Å². The minimum absolute atomic E-state index is 0.147. The van der Waals surface area contributed by atoms with Crippen LogP contribution in [0, 0.1) is 0 Å². The van der Waals surface area contributed by atoms with Gasteiger partial charge >= 0.3 is 5.97 Å². The van der Waals surface area contributed by atoms with Crippen LogP contribution in [0.25, 0.3) is 6.08 Å². The molecule has 0 aliphatic heterocycles. The number of halogens is 1. The first-order valence-corrected chi connectivity index (χ1v) is 11.6. The highest BCUT2D eigenvalue weighted by Gasteiger charge is 2.23. The second kappa shape index (κ2) is 10.5. The first-order chi connectivity index (χ1) is 16.0. The lowest BCUT2D eigenvalue weighted by Crippen LogP contribution is -2.27. The van der Waals surface area contributed by atoms with Gasteiger partial charge in [0.25, 0.3) is 0 Å². The molecule has 33 heavy (non-hydrogen) atoms. The third kappa shape index (κ3) is 5.90. The highest BCUT2D eigenvalue weighted by atomic mass is 79.9. The molecular formula is C27H24BrNO4. The van der Waals surface area contributed by atoms with Gasteiger partial charge in [0.2, 0.25) is 5.91 Å². The van der Waals surface area contributed by atoms with E-state index in [4.69, 9.17) is 4.74 Å². The molecule has 2 N–H and O–H groups in total. The lowest BCUT2D eigenvalue weighted by Gasteiger charge is -2.12. The highest BCUT2D eigenvalue weighted by molar-refractivity contribution is 9.10. The molecule has 0 fully saturated rings. The van der Waals surface area contributed by atoms with Crippen LogP contribution in [0.4, 0.5) is 0 Å². The molecule has 0 saturated carbocycles. The second-order valence-corrected chi connectivity index (χ2v) is 8.84. The maximum absolute atomic E-state index is 12.5. The third-order valence-electron chi connectivity index (χ3n) is 5.74. The third-order valence-corrected chi connectivity index (χ3v) is 6.39. The number of nitrogens with one attached hydrogen (secondary N) is 1. The zero-order valence-electron chi connectivity index (χ0n) is 18.0. The number of benzene rings is 3. The molecule has 0 bridgehead atoms. The maximum Gasteiger partial charge on any atom is 0.352 e. The summed E-state index contributed by atoms with van der Waals surface area (Å²) in [6.07, 6.45) is 4.50. The van der Waals surface area contributed by atoms with Crippen LogP contribution in [0.15, 0.2) is 83.0 Å². The SMILES string of the molecule is O=C(CCC1CCc2ccccc21)NC(=Cc1ccc(Oc2ccccc2Br)cc1)C(=O)O. The Balaban J connectivity index is 1.36. The van der Waals surface area contributed by atoms with Crippen LogP contribution in [0.3, 0.4) is 0 Å². The molecule has 1 unspecified atom stereocenters. The summed E-state index contributed by atoms with van der Waals surface area (Å²) in [5.41, 5.74) is 3.16. The van der Waals surface area contributed by atoms with Crippen LogP contribution >= 0.6 is 15.9 Å². The molecule has 1 amide bonds. The van der Waals surface area contributed by atoms with Gasteiger partial charge in [-0.2, -0.15) is 0 Å². The molecule has 1 aliphatic rings. The fourth-order valence-electron chi connectivity index (χ4n) is 4.07. The first kappa shape index (κ1) is 22.8. The zero-order valence-corrected chi connectivity index (χ0v) is 19.5. The zero-order chi connectivity index (χ0) is 23.2. The van der Waals surface area contributed by atoms with Crippen LogP contribution in [-0.2, 0) is 16.0 Å². The number of carboxylic acids is 1. The van der Waals surface area contributed by atoms with E-state index in [0.717, 1.165) is 17.3 Å². The van der Waals surface area contributed by atoms with Gasteiger partial charge in [-0.1, -0.05) is 48.5 Å². The van der Waals surface area contributed by atoms with E-state index >= 15 is 0 Å². The van der Waals surface area contributed by atoms with E-state index in [9.17, 15) is 14.7 Å². The molecule has 6 heteroatoms. The van der Waals surface area contributed by atoms with E-state index in [1.54, 1.807) is 24.3 Å². The number of aliphatic carboxylic acids is 1. The van der Waals surface area contributed by atoms with Gasteiger partial charge in [0, 0.05) is 6.42 Å². The largest absolute Gasteiger partial charge is 0.477 e. The Labute approximate surface area is 201 Å². The molecule has 0 spiro atoms. The van der Waals surface area contributed by atoms with Gasteiger partial charge in [-0.15, -0.1) is 0 Å². The molecule has 5 nitrogen and oxygen atoms in total. The van der Waals surface area contributed by atoms with Crippen molar-refractivity contribution in [3.8, 4) is 11.5 Å². The maximum atomic E-state index is 12.5. The number of aryl methyl sites for hydroxylation is 1. The Bertz CT molecular complexity index is 1190. The molecule has 0 heterocycles. The van der Waals surface area contributed by atoms with Crippen molar-refractivity contribution in [1.29, 1.82) is 0 Å². The fourth-order valence-corrected chi connectivity index (χ4v) is 4.43. The van der Waals surface area contributed by atoms with Crippen molar-refractivity contribution >= 4 is 33.9 Å². The molecule has 3 aromatic carbocycles. The number of carbonyl (C=O) groups is 2. The minimum atomic E-state index is -1.18. The van der Waals surface area contributed by atoms with Crippen LogP contribution in [0.1, 0.15) is 41.9 Å². The van der Waals surface area contributed by atoms with Crippen molar-refractivity contribution in [3.05, 3.63) is 99.7 Å². The fraction of sp³-hybridized carbons (Fsp3) is 0.185. The average Bonchev–Trinajstić information content (AvgIpc) is 3.23. The Morgan fingerprint density at radius 1 is 1.03 bits per heavy atom. The standard InChI is InChI=1S/C27H24BrNO4/c28-23-7-3-4-8-25(23)33-21-14-9-18(10-15-21)17-24(27(31)32)29-26(30)16-13-20-12-11-19-5-1-2-6-22(19)20/h1-10,14-15,17,20H,11-13,16H2,(H,29,30)(H,31,32). The number of carboxylic acid groups (broad SMARTS) is 1. The molecule has 1 atom stereocenters. The summed E-state index contributed by atoms with van der Waals surface area (Å²) in [5.74, 6) is 0.187. The summed E-state index contributed by atoms with van der Waals surface area (Å²) in [5, 5.41) is 12.1. The van der Waals surface area contributed by atoms with Crippen molar-refractivity contribution in [1.82, 2.24) is 5.32 Å². The Morgan fingerprint density at radius 3 is 2.52 bits per heavy atom. The number of ether oxygens (including phenoxy) is 1. The predicted octanol–water partition coefficient (Wildman–Crippen LogP) is 6.29. The molecular weight excluding hydrogens is 482 g/mol. The van der Waals surface area contributed by atoms with E-state index in [-0.39, 0.29) is 18.0 Å². The van der Waals surface area contributed by atoms with Gasteiger partial charge in [-0.25, -0.2) is 4.79 Å². The molecule has 0 saturated heterocycles. The van der Waals surface area contributed by atoms with Gasteiger partial charge in [-0.3, -0.25) is 4.79 Å². The molecule has 0 radical (unpaired) electrons. The van der Waals surface area contributed by atoms with E-state index < -0.39 is 5.97 Å². The van der Waals surface area contributed by atoms with Gasteiger partial charge in [0.15, 0.2) is 0 Å². The van der Waals surface area contributed by atoms with Gasteiger partial charge in [0.1, 0.15) is 17.2 Å². The first-order valence-electron chi connectivity index (χ1n) is 10.8. The lowest BCUT2D eigenvalue weighted by molar-refractivity contribution is -0.134. The van der Waals surface area contributed by atoms with Crippen molar-refractivity contribution < 1.29 is 19.4 Å². The summed E-state index contributed by atoms with van der Waals surface area (Å²) < 4.78 is 6.67. The van der Waals surface area contributed by atoms with Crippen molar-refractivity contribution in [2.24, 2.45) is 0 Å². The van der Waals surface area contributed by atoms with E-state index in [0.29, 0.717) is 29.4 Å². The van der Waals surface area contributed by atoms with Crippen LogP contribution in [-0.4, -0.2) is 17.0 Å². The van der Waals surface area contributed by atoms with Crippen molar-refractivity contribution in [2.75, 3.05) is 0 Å². The van der Waals surface area contributed by atoms with E-state index in [1.165, 1.54) is 17.2 Å². The molecule has 1 aliphatic carbocycles. The Morgan fingerprint density at radius 2 is 1.76 bits per heavy atom. The number of amides is 1. The molecule has 168 valence electrons. The normalized spacial score (nSPS) is 15.1. The summed E-state index contributed by atoms with van der Waals surface area (Å²) in [7, 11) is 0. The predicted molar refractivity (Wildman–Crippen MR) is 131 cm³/mol. The number of rotatable bonds is 8. The minimum Gasteiger partial charge on any atom is -0.477 e. The number of hydrogen-bond acceptors (Lipinski definition) is 3. The number of para-hydroxylation sites is 1. The average molecular weight is 506 g/mol. The molecule has 4 rings (SSSR count). The van der Waals surface area contributed by atoms with Gasteiger partial charge < -0.3 is 15.2 Å². The van der Waals surface area contributed by atoms with Gasteiger partial charge in [-0.05, 0) is 88.1 Å². The smallest absolute Gasteiger partial charge is 0.352 e. The van der Waals surface area contributed by atoms with Crippen molar-refractivity contribution in [2.45, 2.75) is 31.6 Å². The van der Waals surface area contributed by atoms with E-state index in [2.05, 4.69) is 33.4 Å². The van der Waals surface area contributed by atoms with Crippen LogP contribution in [0.2, 0.25) is 0 Å². The monoisotopic (exact) mass is 505 g/mol. The number of hydrogen-bond donors (Lipinski definition) is 2. The Hall–Kier alpha value is -3.38. The number of carbonyl (C=O) groups excluding carboxylic acids is 1. The van der Waals surface area contributed by atoms with Gasteiger partial charge in [0.05, 0.1) is 4.47 Å². The summed E-state index contributed by atoms with van der Waals surface area (Å²) in [4.78, 5) is 24.2. The second-order valence-electron chi connectivity index (χ2n) is 7.99. The summed E-state index contributed by atoms with van der Waals surface area (Å²) >= 11 is 3.44. The van der Waals surface area contributed by atoms with E-state index in [1.807, 2.05) is 36.4 Å². The summed E-state index contributed by atoms with van der Waals surface area (Å²) in [6.45, 7) is 0. The lowest BCUT2D eigenvalue weighted by atomic mass is 9.96. The summed E-state index contributed by atoms with van der Waals surface area (Å²) in [6, 6.07) is 22.8. The van der Waals surface area contributed by atoms with Crippen LogP contribution < -0.4 is 10.1 Å². The molecule has 3 aromatic rings.